The lowest BCUT2D eigenvalue weighted by atomic mass is 9.94. The van der Waals surface area contributed by atoms with Crippen molar-refractivity contribution in [3.8, 4) is 22.6 Å². The Kier molecular flexibility index (Phi) is 3.65. The van der Waals surface area contributed by atoms with Crippen molar-refractivity contribution >= 4 is 22.5 Å². The highest BCUT2D eigenvalue weighted by Crippen LogP contribution is 2.51. The summed E-state index contributed by atoms with van der Waals surface area (Å²) in [5, 5.41) is 4.30. The predicted molar refractivity (Wildman–Crippen MR) is 116 cm³/mol. The van der Waals surface area contributed by atoms with Gasteiger partial charge in [0.2, 0.25) is 12.7 Å². The highest BCUT2D eigenvalue weighted by atomic mass is 16.7. The van der Waals surface area contributed by atoms with Crippen LogP contribution in [0.25, 0.3) is 22.0 Å². The van der Waals surface area contributed by atoms with Gasteiger partial charge in [-0.2, -0.15) is 0 Å². The highest BCUT2D eigenvalue weighted by Gasteiger charge is 2.51. The summed E-state index contributed by atoms with van der Waals surface area (Å²) < 4.78 is 10.9. The fourth-order valence-corrected chi connectivity index (χ4v) is 4.23. The molecule has 1 fully saturated rings. The number of carbonyl (C=O) groups is 1. The van der Waals surface area contributed by atoms with Crippen LogP contribution in [-0.2, 0) is 10.2 Å². The van der Waals surface area contributed by atoms with Gasteiger partial charge in [-0.15, -0.1) is 0 Å². The molecule has 0 radical (unpaired) electrons. The van der Waals surface area contributed by atoms with Crippen LogP contribution in [0.3, 0.4) is 0 Å². The molecule has 1 saturated carbocycles. The number of anilines is 1. The lowest BCUT2D eigenvalue weighted by molar-refractivity contribution is -0.118. The second-order valence-electron chi connectivity index (χ2n) is 7.96. The SMILES string of the molecule is O=C(Nc1cccc(-c2ccc3[nH]ccc3c2)c1)C1(c2ccc3c(c2)OCO3)CC1. The number of rotatable bonds is 4. The Morgan fingerprint density at radius 3 is 2.67 bits per heavy atom. The maximum absolute atomic E-state index is 13.2. The largest absolute Gasteiger partial charge is 0.454 e. The first-order valence-electron chi connectivity index (χ1n) is 10.1. The predicted octanol–water partition coefficient (Wildman–Crippen LogP) is 5.23. The summed E-state index contributed by atoms with van der Waals surface area (Å²) in [5.41, 5.74) is 4.61. The van der Waals surface area contributed by atoms with Crippen LogP contribution < -0.4 is 14.8 Å². The molecule has 2 aliphatic rings. The summed E-state index contributed by atoms with van der Waals surface area (Å²) in [4.78, 5) is 16.4. The molecule has 0 unspecified atom stereocenters. The third-order valence-corrected chi connectivity index (χ3v) is 6.12. The molecule has 5 nitrogen and oxygen atoms in total. The van der Waals surface area contributed by atoms with Gasteiger partial charge < -0.3 is 19.8 Å². The maximum atomic E-state index is 13.2. The van der Waals surface area contributed by atoms with Crippen LogP contribution in [0.4, 0.5) is 5.69 Å². The van der Waals surface area contributed by atoms with Gasteiger partial charge in [0.1, 0.15) is 0 Å². The van der Waals surface area contributed by atoms with Gasteiger partial charge in [0.05, 0.1) is 5.41 Å². The van der Waals surface area contributed by atoms with E-state index in [9.17, 15) is 4.79 Å². The van der Waals surface area contributed by atoms with Crippen molar-refractivity contribution in [1.82, 2.24) is 4.98 Å². The van der Waals surface area contributed by atoms with Crippen molar-refractivity contribution in [1.29, 1.82) is 0 Å². The van der Waals surface area contributed by atoms with Crippen LogP contribution in [0.15, 0.2) is 72.9 Å². The van der Waals surface area contributed by atoms with Crippen LogP contribution in [0.1, 0.15) is 18.4 Å². The van der Waals surface area contributed by atoms with Crippen LogP contribution in [-0.4, -0.2) is 17.7 Å². The van der Waals surface area contributed by atoms with E-state index in [0.29, 0.717) is 5.75 Å². The average Bonchev–Trinajstić information content (AvgIpc) is 3.23. The summed E-state index contributed by atoms with van der Waals surface area (Å²) in [6, 6.07) is 22.2. The van der Waals surface area contributed by atoms with Crippen molar-refractivity contribution in [2.24, 2.45) is 0 Å². The minimum atomic E-state index is -0.485. The van der Waals surface area contributed by atoms with Gasteiger partial charge in [0, 0.05) is 17.4 Å². The number of aromatic nitrogens is 1. The fourth-order valence-electron chi connectivity index (χ4n) is 4.23. The number of H-pyrrole nitrogens is 1. The third-order valence-electron chi connectivity index (χ3n) is 6.12. The number of fused-ring (bicyclic) bond motifs is 2. The molecular formula is C25H20N2O3. The Balaban J connectivity index is 1.27. The molecule has 2 heterocycles. The van der Waals surface area contributed by atoms with Gasteiger partial charge in [0.25, 0.3) is 0 Å². The normalized spacial score (nSPS) is 15.9. The van der Waals surface area contributed by atoms with E-state index in [0.717, 1.165) is 46.5 Å². The molecule has 1 aromatic heterocycles. The van der Waals surface area contributed by atoms with Crippen molar-refractivity contribution in [2.45, 2.75) is 18.3 Å². The number of nitrogens with one attached hydrogen (secondary N) is 2. The molecule has 0 saturated heterocycles. The van der Waals surface area contributed by atoms with Gasteiger partial charge >= 0.3 is 0 Å². The monoisotopic (exact) mass is 396 g/mol. The first-order valence-corrected chi connectivity index (χ1v) is 10.1. The molecule has 0 bridgehead atoms. The van der Waals surface area contributed by atoms with E-state index in [1.165, 1.54) is 5.39 Å². The van der Waals surface area contributed by atoms with Crippen LogP contribution in [0.5, 0.6) is 11.5 Å². The van der Waals surface area contributed by atoms with Gasteiger partial charge in [-0.1, -0.05) is 24.3 Å². The van der Waals surface area contributed by atoms with E-state index in [1.807, 2.05) is 42.6 Å². The summed E-state index contributed by atoms with van der Waals surface area (Å²) >= 11 is 0. The van der Waals surface area contributed by atoms with E-state index in [4.69, 9.17) is 9.47 Å². The molecule has 0 spiro atoms. The second-order valence-corrected chi connectivity index (χ2v) is 7.96. The zero-order valence-corrected chi connectivity index (χ0v) is 16.3. The number of ether oxygens (including phenoxy) is 2. The molecular weight excluding hydrogens is 376 g/mol. The second kappa shape index (κ2) is 6.39. The number of benzene rings is 3. The molecule has 0 atom stereocenters. The van der Waals surface area contributed by atoms with Gasteiger partial charge in [0.15, 0.2) is 11.5 Å². The Bertz CT molecular complexity index is 1290. The van der Waals surface area contributed by atoms with Crippen molar-refractivity contribution < 1.29 is 14.3 Å². The Morgan fingerprint density at radius 1 is 0.900 bits per heavy atom. The van der Waals surface area contributed by atoms with E-state index in [1.54, 1.807) is 0 Å². The molecule has 1 aliphatic carbocycles. The molecule has 1 amide bonds. The van der Waals surface area contributed by atoms with Crippen LogP contribution in [0.2, 0.25) is 0 Å². The topological polar surface area (TPSA) is 63.4 Å². The highest BCUT2D eigenvalue weighted by molar-refractivity contribution is 6.02. The molecule has 2 N–H and O–H groups in total. The molecule has 148 valence electrons. The maximum Gasteiger partial charge on any atom is 0.235 e. The number of amides is 1. The first-order chi connectivity index (χ1) is 14.7. The minimum absolute atomic E-state index is 0.0274. The quantitative estimate of drug-likeness (QED) is 0.496. The van der Waals surface area contributed by atoms with Gasteiger partial charge in [-0.05, 0) is 77.4 Å². The lowest BCUT2D eigenvalue weighted by Crippen LogP contribution is -2.27. The zero-order chi connectivity index (χ0) is 20.1. The van der Waals surface area contributed by atoms with Crippen molar-refractivity contribution in [3.63, 3.8) is 0 Å². The molecule has 1 aliphatic heterocycles. The smallest absolute Gasteiger partial charge is 0.235 e. The summed E-state index contributed by atoms with van der Waals surface area (Å²) in [6.07, 6.45) is 3.61. The number of hydrogen-bond donors (Lipinski definition) is 2. The number of carbonyl (C=O) groups excluding carboxylic acids is 1. The number of aromatic amines is 1. The molecule has 30 heavy (non-hydrogen) atoms. The van der Waals surface area contributed by atoms with Crippen molar-refractivity contribution in [3.05, 3.63) is 78.5 Å². The summed E-state index contributed by atoms with van der Waals surface area (Å²) in [6.45, 7) is 0.235. The molecule has 4 aromatic rings. The van der Waals surface area contributed by atoms with Gasteiger partial charge in [-0.3, -0.25) is 4.79 Å². The van der Waals surface area contributed by atoms with E-state index in [-0.39, 0.29) is 12.7 Å². The number of hydrogen-bond acceptors (Lipinski definition) is 3. The molecule has 6 rings (SSSR count). The van der Waals surface area contributed by atoms with E-state index >= 15 is 0 Å². The van der Waals surface area contributed by atoms with E-state index in [2.05, 4.69) is 40.6 Å². The summed E-state index contributed by atoms with van der Waals surface area (Å²) in [7, 11) is 0. The molecule has 3 aromatic carbocycles. The van der Waals surface area contributed by atoms with Crippen molar-refractivity contribution in [2.75, 3.05) is 12.1 Å². The fraction of sp³-hybridized carbons (Fsp3) is 0.160. The average molecular weight is 396 g/mol. The Labute approximate surface area is 173 Å². The van der Waals surface area contributed by atoms with E-state index < -0.39 is 5.41 Å². The standard InChI is InChI=1S/C25H20N2O3/c28-24(25(9-10-25)19-5-7-22-23(14-19)30-15-29-22)27-20-3-1-2-16(13-20)17-4-6-21-18(12-17)8-11-26-21/h1-8,11-14,26H,9-10,15H2,(H,27,28). The molecule has 5 heteroatoms. The van der Waals surface area contributed by atoms with Gasteiger partial charge in [-0.25, -0.2) is 0 Å². The minimum Gasteiger partial charge on any atom is -0.454 e. The van der Waals surface area contributed by atoms with Crippen LogP contribution >= 0.6 is 0 Å². The third kappa shape index (κ3) is 2.74. The Morgan fingerprint density at radius 2 is 1.77 bits per heavy atom. The summed E-state index contributed by atoms with van der Waals surface area (Å²) in [5.74, 6) is 1.48. The van der Waals surface area contributed by atoms with Crippen LogP contribution in [0, 0.1) is 0 Å². The Hall–Kier alpha value is -3.73. The first kappa shape index (κ1) is 17.2. The lowest BCUT2D eigenvalue weighted by Gasteiger charge is -2.17. The zero-order valence-electron chi connectivity index (χ0n) is 16.3.